The van der Waals surface area contributed by atoms with Crippen LogP contribution in [0.15, 0.2) is 53.5 Å². The number of aromatic nitrogens is 1. The molecule has 5 unspecified atom stereocenters. The number of aryl methyl sites for hydroxylation is 1. The van der Waals surface area contributed by atoms with Gasteiger partial charge < -0.3 is 29.9 Å². The molecule has 3 aliphatic heterocycles. The zero-order valence-electron chi connectivity index (χ0n) is 24.1. The van der Waals surface area contributed by atoms with Gasteiger partial charge in [-0.2, -0.15) is 0 Å². The molecule has 3 aliphatic rings. The van der Waals surface area contributed by atoms with Gasteiger partial charge in [-0.1, -0.05) is 30.3 Å². The Balaban J connectivity index is 1.32. The molecule has 224 valence electrons. The number of nitrogens with one attached hydrogen (secondary N) is 2. The molecule has 3 amide bonds. The van der Waals surface area contributed by atoms with Gasteiger partial charge in [0.05, 0.1) is 18.0 Å². The number of ether oxygens (including phenoxy) is 1. The number of fused-ring (bicyclic) bond motifs is 1. The normalized spacial score (nSPS) is 24.1. The van der Waals surface area contributed by atoms with Crippen LogP contribution in [0.2, 0.25) is 0 Å². The van der Waals surface area contributed by atoms with Gasteiger partial charge in [-0.05, 0) is 56.9 Å². The van der Waals surface area contributed by atoms with E-state index in [2.05, 4.69) is 10.6 Å². The third-order valence-corrected chi connectivity index (χ3v) is 10.2. The SMILES string of the molecule is COc1cc2c3c(c1)c(=O)c(C(=O)NC(C(=O)NC1C(=O)N4C1SC(C)(C)C4C(=O)O)c1ccccc1)cn3C(C)CC2. The van der Waals surface area contributed by atoms with E-state index in [-0.39, 0.29) is 11.6 Å². The number of aliphatic carboxylic acids is 1. The molecule has 0 aliphatic carbocycles. The second-order valence-electron chi connectivity index (χ2n) is 11.8. The lowest BCUT2D eigenvalue weighted by Crippen LogP contribution is -2.71. The highest BCUT2D eigenvalue weighted by Gasteiger charge is 2.64. The van der Waals surface area contributed by atoms with E-state index < -0.39 is 57.4 Å². The average molecular weight is 605 g/mol. The number of amides is 3. The highest BCUT2D eigenvalue weighted by Crippen LogP contribution is 2.50. The summed E-state index contributed by atoms with van der Waals surface area (Å²) in [6, 6.07) is 8.93. The van der Waals surface area contributed by atoms with Crippen LogP contribution in [0.25, 0.3) is 10.9 Å². The molecule has 5 atom stereocenters. The maximum Gasteiger partial charge on any atom is 0.327 e. The summed E-state index contributed by atoms with van der Waals surface area (Å²) in [6.07, 6.45) is 3.15. The lowest BCUT2D eigenvalue weighted by molar-refractivity contribution is -0.161. The molecule has 4 heterocycles. The number of carboxylic acid groups (broad SMARTS) is 1. The Bertz CT molecular complexity index is 1740. The van der Waals surface area contributed by atoms with Gasteiger partial charge in [0.15, 0.2) is 0 Å². The molecule has 1 aromatic heterocycles. The van der Waals surface area contributed by atoms with Crippen molar-refractivity contribution in [1.29, 1.82) is 0 Å². The standard InChI is InChI=1S/C31H32N4O7S/c1-15-10-11-17-12-18(42-4)13-19-23(17)34(15)14-20(24(19)36)26(37)32-21(16-8-6-5-7-9-16)27(38)33-22-28(39)35-25(30(40)41)31(2,3)43-29(22)35/h5-9,12-15,21-22,25,29H,10-11H2,1-4H3,(H,32,37)(H,33,38)(H,40,41). The Labute approximate surface area is 251 Å². The molecule has 0 radical (unpaired) electrons. The number of hydrogen-bond donors (Lipinski definition) is 3. The Morgan fingerprint density at radius 1 is 1.14 bits per heavy atom. The van der Waals surface area contributed by atoms with Crippen molar-refractivity contribution < 1.29 is 29.0 Å². The number of pyridine rings is 1. The molecule has 0 saturated carbocycles. The summed E-state index contributed by atoms with van der Waals surface area (Å²) >= 11 is 1.31. The van der Waals surface area contributed by atoms with E-state index in [0.29, 0.717) is 16.7 Å². The van der Waals surface area contributed by atoms with Gasteiger partial charge in [-0.25, -0.2) is 4.79 Å². The van der Waals surface area contributed by atoms with E-state index in [1.807, 2.05) is 17.6 Å². The average Bonchev–Trinajstić information content (AvgIpc) is 3.25. The second kappa shape index (κ2) is 10.4. The van der Waals surface area contributed by atoms with Crippen LogP contribution in [0.4, 0.5) is 0 Å². The molecule has 3 N–H and O–H groups in total. The van der Waals surface area contributed by atoms with Crippen molar-refractivity contribution in [1.82, 2.24) is 20.1 Å². The lowest BCUT2D eigenvalue weighted by Gasteiger charge is -2.44. The number of hydrogen-bond acceptors (Lipinski definition) is 7. The van der Waals surface area contributed by atoms with Crippen molar-refractivity contribution in [3.63, 3.8) is 0 Å². The Kier molecular flexibility index (Phi) is 6.99. The van der Waals surface area contributed by atoms with Crippen LogP contribution in [0.1, 0.15) is 60.8 Å². The molecule has 6 rings (SSSR count). The number of carboxylic acids is 1. The number of nitrogens with zero attached hydrogens (tertiary/aromatic N) is 2. The van der Waals surface area contributed by atoms with Gasteiger partial charge in [0.25, 0.3) is 5.91 Å². The first kappa shape index (κ1) is 28.8. The number of methoxy groups -OCH3 is 1. The summed E-state index contributed by atoms with van der Waals surface area (Å²) in [5.74, 6) is -2.45. The Hall–Kier alpha value is -4.32. The Morgan fingerprint density at radius 3 is 2.53 bits per heavy atom. The number of thioether (sulfide) groups is 1. The predicted molar refractivity (Wildman–Crippen MR) is 160 cm³/mol. The fourth-order valence-corrected chi connectivity index (χ4v) is 8.03. The maximum atomic E-state index is 13.8. The first-order valence-corrected chi connectivity index (χ1v) is 15.0. The monoisotopic (exact) mass is 604 g/mol. The third kappa shape index (κ3) is 4.64. The van der Waals surface area contributed by atoms with Gasteiger partial charge in [0.1, 0.15) is 34.8 Å². The van der Waals surface area contributed by atoms with E-state index in [1.165, 1.54) is 23.8 Å². The number of rotatable bonds is 7. The van der Waals surface area contributed by atoms with E-state index in [9.17, 15) is 29.1 Å². The maximum absolute atomic E-state index is 13.8. The molecule has 0 bridgehead atoms. The van der Waals surface area contributed by atoms with Crippen LogP contribution in [0.5, 0.6) is 5.75 Å². The molecule has 3 aromatic rings. The summed E-state index contributed by atoms with van der Waals surface area (Å²) in [5, 5.41) is 15.0. The van der Waals surface area contributed by atoms with E-state index >= 15 is 0 Å². The molecule has 0 spiro atoms. The van der Waals surface area contributed by atoms with Crippen LogP contribution < -0.4 is 20.8 Å². The van der Waals surface area contributed by atoms with Crippen molar-refractivity contribution in [3.05, 3.63) is 75.6 Å². The zero-order chi connectivity index (χ0) is 30.8. The smallest absolute Gasteiger partial charge is 0.327 e. The number of carbonyl (C=O) groups is 4. The fourth-order valence-electron chi connectivity index (χ4n) is 6.41. The summed E-state index contributed by atoms with van der Waals surface area (Å²) < 4.78 is 6.60. The molecule has 43 heavy (non-hydrogen) atoms. The summed E-state index contributed by atoms with van der Waals surface area (Å²) in [4.78, 5) is 67.4. The lowest BCUT2D eigenvalue weighted by atomic mass is 9.95. The van der Waals surface area contributed by atoms with Crippen molar-refractivity contribution in [2.24, 2.45) is 0 Å². The van der Waals surface area contributed by atoms with Crippen molar-refractivity contribution in [3.8, 4) is 5.75 Å². The molecule has 12 heteroatoms. The molecule has 2 fully saturated rings. The van der Waals surface area contributed by atoms with E-state index in [1.54, 1.807) is 56.4 Å². The highest BCUT2D eigenvalue weighted by atomic mass is 32.2. The highest BCUT2D eigenvalue weighted by molar-refractivity contribution is 8.01. The number of β-lactam (4-membered cyclic amide) rings is 1. The number of carbonyl (C=O) groups excluding carboxylic acids is 3. The molecule has 2 saturated heterocycles. The minimum atomic E-state index is -1.22. The number of benzene rings is 2. The molecule has 11 nitrogen and oxygen atoms in total. The predicted octanol–water partition coefficient (Wildman–Crippen LogP) is 2.62. The minimum absolute atomic E-state index is 0.0409. The Morgan fingerprint density at radius 2 is 1.86 bits per heavy atom. The minimum Gasteiger partial charge on any atom is -0.497 e. The van der Waals surface area contributed by atoms with Gasteiger partial charge >= 0.3 is 5.97 Å². The van der Waals surface area contributed by atoms with Crippen LogP contribution in [-0.4, -0.2) is 67.6 Å². The van der Waals surface area contributed by atoms with E-state index in [4.69, 9.17) is 4.74 Å². The van der Waals surface area contributed by atoms with Crippen molar-refractivity contribution in [2.75, 3.05) is 7.11 Å². The van der Waals surface area contributed by atoms with Gasteiger partial charge in [0.2, 0.25) is 17.2 Å². The summed E-state index contributed by atoms with van der Waals surface area (Å²) in [6.45, 7) is 5.53. The molecular formula is C31H32N4O7S. The van der Waals surface area contributed by atoms with Crippen LogP contribution >= 0.6 is 11.8 Å². The fraction of sp³-hybridized carbons (Fsp3) is 0.387. The van der Waals surface area contributed by atoms with Gasteiger partial charge in [-0.3, -0.25) is 19.2 Å². The largest absolute Gasteiger partial charge is 0.497 e. The zero-order valence-corrected chi connectivity index (χ0v) is 24.9. The van der Waals surface area contributed by atoms with Gasteiger partial charge in [0, 0.05) is 17.0 Å². The third-order valence-electron chi connectivity index (χ3n) is 8.61. The van der Waals surface area contributed by atoms with Crippen LogP contribution in [0.3, 0.4) is 0 Å². The van der Waals surface area contributed by atoms with Gasteiger partial charge in [-0.15, -0.1) is 11.8 Å². The van der Waals surface area contributed by atoms with Crippen molar-refractivity contribution in [2.45, 2.75) is 67.9 Å². The molecule has 2 aromatic carbocycles. The van der Waals surface area contributed by atoms with Crippen LogP contribution in [-0.2, 0) is 20.8 Å². The van der Waals surface area contributed by atoms with Crippen molar-refractivity contribution >= 4 is 46.4 Å². The molecular weight excluding hydrogens is 572 g/mol. The van der Waals surface area contributed by atoms with Crippen LogP contribution in [0, 0.1) is 0 Å². The van der Waals surface area contributed by atoms with E-state index in [0.717, 1.165) is 23.9 Å². The topological polar surface area (TPSA) is 147 Å². The first-order chi connectivity index (χ1) is 20.4. The summed E-state index contributed by atoms with van der Waals surface area (Å²) in [5.41, 5.74) is 1.61. The summed E-state index contributed by atoms with van der Waals surface area (Å²) in [7, 11) is 1.52. The quantitative estimate of drug-likeness (QED) is 0.349. The second-order valence-corrected chi connectivity index (χ2v) is 13.5. The first-order valence-electron chi connectivity index (χ1n) is 14.1.